The fraction of sp³-hybridized carbons (Fsp3) is 0. The second-order valence-corrected chi connectivity index (χ2v) is 4.23. The minimum Gasteiger partial charge on any atom is -0.478 e. The second-order valence-electron chi connectivity index (χ2n) is 4.23. The molecule has 3 rings (SSSR count). The summed E-state index contributed by atoms with van der Waals surface area (Å²) in [5.74, 6) is -0.955. The van der Waals surface area contributed by atoms with Gasteiger partial charge in [0.05, 0.1) is 11.1 Å². The van der Waals surface area contributed by atoms with Crippen LogP contribution in [0.15, 0.2) is 60.8 Å². The molecule has 0 radical (unpaired) electrons. The summed E-state index contributed by atoms with van der Waals surface area (Å²) in [6.45, 7) is 0. The van der Waals surface area contributed by atoms with Crippen LogP contribution in [0.1, 0.15) is 10.4 Å². The Balaban J connectivity index is 2.35. The maximum absolute atomic E-state index is 11.2. The van der Waals surface area contributed by atoms with Gasteiger partial charge in [-0.1, -0.05) is 42.5 Å². The molecule has 3 aromatic rings. The van der Waals surface area contributed by atoms with Crippen LogP contribution in [0.2, 0.25) is 0 Å². The number of carboxylic acids is 1. The van der Waals surface area contributed by atoms with Gasteiger partial charge in [-0.3, -0.25) is 4.98 Å². The molecule has 1 heterocycles. The van der Waals surface area contributed by atoms with E-state index in [1.165, 1.54) is 0 Å². The van der Waals surface area contributed by atoms with Crippen LogP contribution in [0.25, 0.3) is 22.0 Å². The normalized spacial score (nSPS) is 10.5. The Morgan fingerprint density at radius 3 is 2.47 bits per heavy atom. The third-order valence-electron chi connectivity index (χ3n) is 3.08. The molecule has 0 amide bonds. The van der Waals surface area contributed by atoms with Crippen LogP contribution in [0.4, 0.5) is 0 Å². The lowest BCUT2D eigenvalue weighted by Crippen LogP contribution is -1.99. The van der Waals surface area contributed by atoms with E-state index in [2.05, 4.69) is 4.98 Å². The number of aromatic carboxylic acids is 1. The van der Waals surface area contributed by atoms with E-state index in [1.807, 2.05) is 48.5 Å². The zero-order valence-corrected chi connectivity index (χ0v) is 10.1. The number of hydrogen-bond acceptors (Lipinski definition) is 2. The molecule has 0 saturated heterocycles. The molecule has 0 bridgehead atoms. The Kier molecular flexibility index (Phi) is 2.72. The van der Waals surface area contributed by atoms with E-state index in [-0.39, 0.29) is 5.56 Å². The zero-order chi connectivity index (χ0) is 13.2. The van der Waals surface area contributed by atoms with Gasteiger partial charge in [0.15, 0.2) is 0 Å². The van der Waals surface area contributed by atoms with Crippen molar-refractivity contribution in [3.63, 3.8) is 0 Å². The highest BCUT2D eigenvalue weighted by Gasteiger charge is 2.12. The molecule has 1 aromatic heterocycles. The van der Waals surface area contributed by atoms with Crippen molar-refractivity contribution in [2.24, 2.45) is 0 Å². The van der Waals surface area contributed by atoms with Crippen molar-refractivity contribution >= 4 is 16.9 Å². The third-order valence-corrected chi connectivity index (χ3v) is 3.08. The van der Waals surface area contributed by atoms with E-state index in [1.54, 1.807) is 12.3 Å². The number of nitrogens with zero attached hydrogens (tertiary/aromatic N) is 1. The van der Waals surface area contributed by atoms with E-state index in [0.29, 0.717) is 5.52 Å². The molecule has 0 fully saturated rings. The summed E-state index contributed by atoms with van der Waals surface area (Å²) in [5, 5.41) is 10.1. The maximum Gasteiger partial charge on any atom is 0.337 e. The number of carbonyl (C=O) groups is 1. The number of aromatic nitrogens is 1. The number of pyridine rings is 1. The van der Waals surface area contributed by atoms with Crippen LogP contribution in [0, 0.1) is 0 Å². The highest BCUT2D eigenvalue weighted by atomic mass is 16.4. The van der Waals surface area contributed by atoms with Crippen LogP contribution in [-0.4, -0.2) is 16.1 Å². The molecule has 0 aliphatic rings. The summed E-state index contributed by atoms with van der Waals surface area (Å²) >= 11 is 0. The second kappa shape index (κ2) is 4.53. The molecule has 0 unspecified atom stereocenters. The van der Waals surface area contributed by atoms with Gasteiger partial charge in [0.2, 0.25) is 0 Å². The first-order valence-electron chi connectivity index (χ1n) is 5.94. The smallest absolute Gasteiger partial charge is 0.337 e. The predicted octanol–water partition coefficient (Wildman–Crippen LogP) is 3.60. The molecule has 92 valence electrons. The molecule has 19 heavy (non-hydrogen) atoms. The molecule has 2 aromatic carbocycles. The van der Waals surface area contributed by atoms with Gasteiger partial charge in [-0.15, -0.1) is 0 Å². The minimum atomic E-state index is -0.955. The quantitative estimate of drug-likeness (QED) is 0.754. The first-order valence-corrected chi connectivity index (χ1v) is 5.94. The van der Waals surface area contributed by atoms with Gasteiger partial charge in [0.1, 0.15) is 0 Å². The topological polar surface area (TPSA) is 50.2 Å². The van der Waals surface area contributed by atoms with Crippen LogP contribution in [-0.2, 0) is 0 Å². The number of carboxylic acid groups (broad SMARTS) is 1. The Bertz CT molecular complexity index is 751. The van der Waals surface area contributed by atoms with Crippen LogP contribution >= 0.6 is 0 Å². The van der Waals surface area contributed by atoms with Gasteiger partial charge in [0.25, 0.3) is 0 Å². The Morgan fingerprint density at radius 1 is 0.947 bits per heavy atom. The number of fused-ring (bicyclic) bond motifs is 1. The van der Waals surface area contributed by atoms with Crippen molar-refractivity contribution in [2.75, 3.05) is 0 Å². The Morgan fingerprint density at radius 2 is 1.74 bits per heavy atom. The van der Waals surface area contributed by atoms with Gasteiger partial charge in [0, 0.05) is 11.6 Å². The van der Waals surface area contributed by atoms with E-state index in [9.17, 15) is 9.90 Å². The largest absolute Gasteiger partial charge is 0.478 e. The van der Waals surface area contributed by atoms with E-state index < -0.39 is 5.97 Å². The minimum absolute atomic E-state index is 0.232. The summed E-state index contributed by atoms with van der Waals surface area (Å²) in [4.78, 5) is 15.4. The molecule has 3 heteroatoms. The van der Waals surface area contributed by atoms with Crippen LogP contribution in [0.3, 0.4) is 0 Å². The standard InChI is InChI=1S/C16H11NO2/c18-16(19)14-9-8-12(11-5-2-1-3-6-11)13-7-4-10-17-15(13)14/h1-10H,(H,18,19). The number of rotatable bonds is 2. The molecule has 0 aliphatic carbocycles. The summed E-state index contributed by atoms with van der Waals surface area (Å²) in [5.41, 5.74) is 2.80. The molecule has 1 N–H and O–H groups in total. The van der Waals surface area contributed by atoms with Gasteiger partial charge < -0.3 is 5.11 Å². The van der Waals surface area contributed by atoms with E-state index in [0.717, 1.165) is 16.5 Å². The van der Waals surface area contributed by atoms with Gasteiger partial charge in [-0.05, 0) is 23.3 Å². The van der Waals surface area contributed by atoms with Gasteiger partial charge >= 0.3 is 5.97 Å². The molecular formula is C16H11NO2. The summed E-state index contributed by atoms with van der Waals surface area (Å²) in [7, 11) is 0. The highest BCUT2D eigenvalue weighted by molar-refractivity contribution is 6.06. The van der Waals surface area contributed by atoms with Crippen LogP contribution in [0.5, 0.6) is 0 Å². The highest BCUT2D eigenvalue weighted by Crippen LogP contribution is 2.29. The lowest BCUT2D eigenvalue weighted by molar-refractivity contribution is 0.0699. The fourth-order valence-corrected chi connectivity index (χ4v) is 2.21. The first kappa shape index (κ1) is 11.4. The van der Waals surface area contributed by atoms with Crippen molar-refractivity contribution in [3.8, 4) is 11.1 Å². The molecule has 0 saturated carbocycles. The third kappa shape index (κ3) is 1.95. The van der Waals surface area contributed by atoms with Crippen molar-refractivity contribution in [1.82, 2.24) is 4.98 Å². The number of benzene rings is 2. The van der Waals surface area contributed by atoms with E-state index >= 15 is 0 Å². The monoisotopic (exact) mass is 249 g/mol. The SMILES string of the molecule is O=C(O)c1ccc(-c2ccccc2)c2cccnc12. The van der Waals surface area contributed by atoms with Crippen molar-refractivity contribution in [2.45, 2.75) is 0 Å². The summed E-state index contributed by atoms with van der Waals surface area (Å²) in [6.07, 6.45) is 1.61. The van der Waals surface area contributed by atoms with Crippen molar-refractivity contribution < 1.29 is 9.90 Å². The molecule has 0 atom stereocenters. The summed E-state index contributed by atoms with van der Waals surface area (Å²) in [6, 6.07) is 17.0. The predicted molar refractivity (Wildman–Crippen MR) is 74.1 cm³/mol. The fourth-order valence-electron chi connectivity index (χ4n) is 2.21. The molecule has 0 spiro atoms. The van der Waals surface area contributed by atoms with Gasteiger partial charge in [-0.25, -0.2) is 4.79 Å². The zero-order valence-electron chi connectivity index (χ0n) is 10.1. The lowest BCUT2D eigenvalue weighted by atomic mass is 9.98. The first-order chi connectivity index (χ1) is 9.27. The number of hydrogen-bond donors (Lipinski definition) is 1. The van der Waals surface area contributed by atoms with Crippen LogP contribution < -0.4 is 0 Å². The molecule has 0 aliphatic heterocycles. The average Bonchev–Trinajstić information content (AvgIpc) is 2.47. The average molecular weight is 249 g/mol. The van der Waals surface area contributed by atoms with Crippen molar-refractivity contribution in [1.29, 1.82) is 0 Å². The van der Waals surface area contributed by atoms with Crippen molar-refractivity contribution in [3.05, 3.63) is 66.4 Å². The Hall–Kier alpha value is -2.68. The van der Waals surface area contributed by atoms with E-state index in [4.69, 9.17) is 0 Å². The lowest BCUT2D eigenvalue weighted by Gasteiger charge is -2.08. The summed E-state index contributed by atoms with van der Waals surface area (Å²) < 4.78 is 0. The Labute approximate surface area is 110 Å². The molecular weight excluding hydrogens is 238 g/mol. The molecule has 3 nitrogen and oxygen atoms in total. The van der Waals surface area contributed by atoms with Gasteiger partial charge in [-0.2, -0.15) is 0 Å². The maximum atomic E-state index is 11.2.